The number of hydrogen-bond donors (Lipinski definition) is 2. The Kier molecular flexibility index (Phi) is 4.93. The van der Waals surface area contributed by atoms with E-state index in [1.165, 1.54) is 32.3 Å². The van der Waals surface area contributed by atoms with E-state index in [2.05, 4.69) is 4.72 Å². The van der Waals surface area contributed by atoms with Crippen LogP contribution in [0.3, 0.4) is 0 Å². The van der Waals surface area contributed by atoms with Crippen molar-refractivity contribution in [2.45, 2.75) is 28.7 Å². The lowest BCUT2D eigenvalue weighted by molar-refractivity contribution is 0.517. The molecule has 1 aliphatic carbocycles. The van der Waals surface area contributed by atoms with Crippen LogP contribution in [0.5, 0.6) is 0 Å². The molecule has 124 valence electrons. The molecule has 2 rings (SSSR count). The topological polar surface area (TPSA) is 110 Å². The molecule has 1 saturated carbocycles. The maximum atomic E-state index is 12.4. The monoisotopic (exact) mass is 347 g/mol. The Morgan fingerprint density at radius 3 is 2.32 bits per heavy atom. The lowest BCUT2D eigenvalue weighted by atomic mass is 10.2. The number of nitrogens with one attached hydrogen (secondary N) is 1. The van der Waals surface area contributed by atoms with Crippen LogP contribution in [-0.4, -0.2) is 47.8 Å². The van der Waals surface area contributed by atoms with Gasteiger partial charge < -0.3 is 5.73 Å². The molecule has 9 heteroatoms. The van der Waals surface area contributed by atoms with Crippen molar-refractivity contribution < 1.29 is 16.8 Å². The summed E-state index contributed by atoms with van der Waals surface area (Å²) in [5.41, 5.74) is 5.61. The first-order valence-electron chi connectivity index (χ1n) is 6.93. The molecule has 0 radical (unpaired) electrons. The zero-order valence-electron chi connectivity index (χ0n) is 12.6. The maximum absolute atomic E-state index is 12.4. The number of nitrogens with two attached hydrogens (primary N) is 1. The minimum Gasteiger partial charge on any atom is -0.329 e. The van der Waals surface area contributed by atoms with Crippen molar-refractivity contribution in [1.82, 2.24) is 9.03 Å². The number of hydrogen-bond acceptors (Lipinski definition) is 5. The van der Waals surface area contributed by atoms with Crippen molar-refractivity contribution in [3.05, 3.63) is 24.3 Å². The molecule has 1 unspecified atom stereocenters. The van der Waals surface area contributed by atoms with Gasteiger partial charge >= 0.3 is 0 Å². The Labute approximate surface area is 131 Å². The van der Waals surface area contributed by atoms with E-state index in [1.807, 2.05) is 0 Å². The van der Waals surface area contributed by atoms with Crippen molar-refractivity contribution in [2.24, 2.45) is 11.7 Å². The summed E-state index contributed by atoms with van der Waals surface area (Å²) in [6.07, 6.45) is 1.92. The summed E-state index contributed by atoms with van der Waals surface area (Å²) in [5, 5.41) is 0. The van der Waals surface area contributed by atoms with Crippen molar-refractivity contribution in [2.75, 3.05) is 20.6 Å². The van der Waals surface area contributed by atoms with Gasteiger partial charge in [0.1, 0.15) is 0 Å². The first-order chi connectivity index (χ1) is 10.2. The number of rotatable bonds is 7. The van der Waals surface area contributed by atoms with E-state index in [-0.39, 0.29) is 28.3 Å². The fourth-order valence-corrected chi connectivity index (χ4v) is 4.50. The van der Waals surface area contributed by atoms with Crippen LogP contribution < -0.4 is 10.5 Å². The molecule has 1 aromatic rings. The van der Waals surface area contributed by atoms with E-state index in [0.717, 1.165) is 23.2 Å². The highest BCUT2D eigenvalue weighted by molar-refractivity contribution is 7.90. The third-order valence-corrected chi connectivity index (χ3v) is 6.94. The average Bonchev–Trinajstić information content (AvgIpc) is 3.29. The molecule has 0 bridgehead atoms. The summed E-state index contributed by atoms with van der Waals surface area (Å²) in [5.74, 6) is 0.272. The highest BCUT2D eigenvalue weighted by Gasteiger charge is 2.33. The fraction of sp³-hybridized carbons (Fsp3) is 0.538. The Morgan fingerprint density at radius 2 is 1.82 bits per heavy atom. The van der Waals surface area contributed by atoms with Crippen LogP contribution in [0.4, 0.5) is 0 Å². The summed E-state index contributed by atoms with van der Waals surface area (Å²) in [6.45, 7) is 0.222. The molecule has 1 fully saturated rings. The zero-order valence-corrected chi connectivity index (χ0v) is 14.2. The first kappa shape index (κ1) is 17.4. The second-order valence-electron chi connectivity index (χ2n) is 5.56. The van der Waals surface area contributed by atoms with Crippen molar-refractivity contribution >= 4 is 20.0 Å². The van der Waals surface area contributed by atoms with Crippen molar-refractivity contribution in [1.29, 1.82) is 0 Å². The largest absolute Gasteiger partial charge is 0.329 e. The van der Waals surface area contributed by atoms with Gasteiger partial charge in [-0.3, -0.25) is 0 Å². The summed E-state index contributed by atoms with van der Waals surface area (Å²) in [4.78, 5) is -0.134. The fourth-order valence-electron chi connectivity index (χ4n) is 2.12. The van der Waals surface area contributed by atoms with Gasteiger partial charge in [-0.05, 0) is 37.0 Å². The van der Waals surface area contributed by atoms with E-state index in [0.29, 0.717) is 0 Å². The second kappa shape index (κ2) is 6.25. The van der Waals surface area contributed by atoms with Gasteiger partial charge in [0.05, 0.1) is 9.79 Å². The molecule has 7 nitrogen and oxygen atoms in total. The summed E-state index contributed by atoms with van der Waals surface area (Å²) in [7, 11) is -4.69. The zero-order chi connectivity index (χ0) is 16.5. The van der Waals surface area contributed by atoms with Gasteiger partial charge in [0.15, 0.2) is 0 Å². The SMILES string of the molecule is CN(C)S(=O)(=O)c1cccc(S(=O)(=O)NC(CN)C2CC2)c1. The van der Waals surface area contributed by atoms with Crippen molar-refractivity contribution in [3.8, 4) is 0 Å². The standard InChI is InChI=1S/C13H21N3O4S2/c1-16(2)22(19,20)12-5-3-4-11(8-12)21(17,18)15-13(9-14)10-6-7-10/h3-5,8,10,13,15H,6-7,9,14H2,1-2H3. The number of benzene rings is 1. The van der Waals surface area contributed by atoms with Gasteiger partial charge in [-0.15, -0.1) is 0 Å². The van der Waals surface area contributed by atoms with Crippen LogP contribution in [0.15, 0.2) is 34.1 Å². The first-order valence-corrected chi connectivity index (χ1v) is 9.86. The van der Waals surface area contributed by atoms with Gasteiger partial charge in [-0.1, -0.05) is 6.07 Å². The lowest BCUT2D eigenvalue weighted by Crippen LogP contribution is -2.41. The third kappa shape index (κ3) is 3.66. The molecule has 0 spiro atoms. The molecule has 0 saturated heterocycles. The van der Waals surface area contributed by atoms with E-state index in [4.69, 9.17) is 5.73 Å². The predicted molar refractivity (Wildman–Crippen MR) is 83.2 cm³/mol. The molecule has 0 aliphatic heterocycles. The minimum atomic E-state index is -3.80. The summed E-state index contributed by atoms with van der Waals surface area (Å²) in [6, 6.07) is 5.02. The van der Waals surface area contributed by atoms with Gasteiger partial charge in [0.25, 0.3) is 0 Å². The molecule has 3 N–H and O–H groups in total. The number of nitrogens with zero attached hydrogens (tertiary/aromatic N) is 1. The van der Waals surface area contributed by atoms with E-state index in [9.17, 15) is 16.8 Å². The normalized spacial score (nSPS) is 17.6. The van der Waals surface area contributed by atoms with Gasteiger partial charge in [-0.2, -0.15) is 0 Å². The van der Waals surface area contributed by atoms with E-state index in [1.54, 1.807) is 0 Å². The molecule has 0 amide bonds. The molecule has 0 heterocycles. The number of sulfonamides is 2. The third-order valence-electron chi connectivity index (χ3n) is 3.65. The highest BCUT2D eigenvalue weighted by atomic mass is 32.2. The lowest BCUT2D eigenvalue weighted by Gasteiger charge is -2.17. The van der Waals surface area contributed by atoms with Crippen molar-refractivity contribution in [3.63, 3.8) is 0 Å². The molecule has 1 atom stereocenters. The van der Waals surface area contributed by atoms with Crippen LogP contribution in [0.1, 0.15) is 12.8 Å². The average molecular weight is 347 g/mol. The minimum absolute atomic E-state index is 0.0592. The van der Waals surface area contributed by atoms with Gasteiger partial charge in [0, 0.05) is 26.7 Å². The molecule has 0 aromatic heterocycles. The molecule has 22 heavy (non-hydrogen) atoms. The Hall–Kier alpha value is -1.00. The van der Waals surface area contributed by atoms with E-state index >= 15 is 0 Å². The summed E-state index contributed by atoms with van der Waals surface area (Å²) < 4.78 is 52.6. The van der Waals surface area contributed by atoms with E-state index < -0.39 is 20.0 Å². The van der Waals surface area contributed by atoms with Gasteiger partial charge in [-0.25, -0.2) is 25.9 Å². The maximum Gasteiger partial charge on any atom is 0.242 e. The Bertz CT molecular complexity index is 740. The Morgan fingerprint density at radius 1 is 1.23 bits per heavy atom. The van der Waals surface area contributed by atoms with Gasteiger partial charge in [0.2, 0.25) is 20.0 Å². The smallest absolute Gasteiger partial charge is 0.242 e. The van der Waals surface area contributed by atoms with Crippen LogP contribution in [0.2, 0.25) is 0 Å². The molecular formula is C13H21N3O4S2. The molecule has 1 aliphatic rings. The molecule has 1 aromatic carbocycles. The second-order valence-corrected chi connectivity index (χ2v) is 9.43. The van der Waals surface area contributed by atoms with Crippen LogP contribution in [-0.2, 0) is 20.0 Å². The van der Waals surface area contributed by atoms with Crippen LogP contribution in [0, 0.1) is 5.92 Å². The summed E-state index contributed by atoms with van der Waals surface area (Å²) >= 11 is 0. The van der Waals surface area contributed by atoms with Crippen LogP contribution in [0.25, 0.3) is 0 Å². The highest BCUT2D eigenvalue weighted by Crippen LogP contribution is 2.33. The van der Waals surface area contributed by atoms with Crippen LogP contribution >= 0.6 is 0 Å². The molecular weight excluding hydrogens is 326 g/mol. The Balaban J connectivity index is 2.32. The quantitative estimate of drug-likeness (QED) is 0.719. The predicted octanol–water partition coefficient (Wildman–Crippen LogP) is -0.0475.